The molecule has 4 heteroatoms. The molecule has 0 bridgehead atoms. The van der Waals surface area contributed by atoms with Gasteiger partial charge < -0.3 is 11.1 Å². The highest BCUT2D eigenvalue weighted by molar-refractivity contribution is 5.88. The smallest absolute Gasteiger partial charge is 0.243 e. The van der Waals surface area contributed by atoms with Crippen LogP contribution in [0.1, 0.15) is 40.0 Å². The summed E-state index contributed by atoms with van der Waals surface area (Å²) in [6.07, 6.45) is 2.41. The Hall–Kier alpha value is -1.58. The zero-order chi connectivity index (χ0) is 15.0. The van der Waals surface area contributed by atoms with Gasteiger partial charge in [0.25, 0.3) is 0 Å². The van der Waals surface area contributed by atoms with Gasteiger partial charge in [0.2, 0.25) is 5.91 Å². The van der Waals surface area contributed by atoms with Crippen molar-refractivity contribution in [2.75, 3.05) is 5.32 Å². The van der Waals surface area contributed by atoms with Crippen LogP contribution in [0.4, 0.5) is 10.1 Å². The normalized spacial score (nSPS) is 28.9. The second kappa shape index (κ2) is 5.08. The molecule has 0 aliphatic heterocycles. The zero-order valence-electron chi connectivity index (χ0n) is 12.4. The quantitative estimate of drug-likeness (QED) is 0.891. The molecular weight excluding hydrogens is 255 g/mol. The zero-order valence-corrected chi connectivity index (χ0v) is 12.4. The van der Waals surface area contributed by atoms with Gasteiger partial charge in [0.15, 0.2) is 0 Å². The molecule has 2 atom stereocenters. The van der Waals surface area contributed by atoms with Gasteiger partial charge in [-0.3, -0.25) is 4.79 Å². The lowest BCUT2D eigenvalue weighted by Crippen LogP contribution is -2.58. The first-order valence-electron chi connectivity index (χ1n) is 7.09. The number of carbonyl (C=O) groups is 1. The van der Waals surface area contributed by atoms with Crippen LogP contribution in [0, 0.1) is 17.2 Å². The van der Waals surface area contributed by atoms with E-state index in [1.807, 2.05) is 6.92 Å². The number of anilines is 1. The molecule has 0 spiro atoms. The molecule has 1 fully saturated rings. The number of amides is 1. The molecule has 3 nitrogen and oxygen atoms in total. The van der Waals surface area contributed by atoms with Crippen molar-refractivity contribution in [1.29, 1.82) is 0 Å². The Morgan fingerprint density at radius 2 is 2.00 bits per heavy atom. The van der Waals surface area contributed by atoms with Crippen LogP contribution >= 0.6 is 0 Å². The van der Waals surface area contributed by atoms with E-state index >= 15 is 0 Å². The third kappa shape index (κ3) is 2.65. The van der Waals surface area contributed by atoms with Crippen LogP contribution < -0.4 is 11.1 Å². The van der Waals surface area contributed by atoms with Gasteiger partial charge in [-0.05, 0) is 42.7 Å². The minimum Gasteiger partial charge on any atom is -0.369 e. The molecule has 20 heavy (non-hydrogen) atoms. The summed E-state index contributed by atoms with van der Waals surface area (Å²) >= 11 is 0. The third-order valence-corrected chi connectivity index (χ3v) is 4.57. The topological polar surface area (TPSA) is 55.1 Å². The molecule has 1 aliphatic rings. The first kappa shape index (κ1) is 14.8. The molecule has 2 unspecified atom stereocenters. The lowest BCUT2D eigenvalue weighted by Gasteiger charge is -2.47. The van der Waals surface area contributed by atoms with E-state index in [1.165, 1.54) is 6.07 Å². The Kier molecular flexibility index (Phi) is 3.76. The second-order valence-corrected chi connectivity index (χ2v) is 6.71. The largest absolute Gasteiger partial charge is 0.369 e. The van der Waals surface area contributed by atoms with Crippen molar-refractivity contribution in [2.45, 2.75) is 45.6 Å². The minimum atomic E-state index is -0.863. The number of nitrogens with two attached hydrogens (primary N) is 1. The molecule has 1 saturated carbocycles. The summed E-state index contributed by atoms with van der Waals surface area (Å²) in [6, 6.07) is 6.41. The fraction of sp³-hybridized carbons (Fsp3) is 0.562. The third-order valence-electron chi connectivity index (χ3n) is 4.57. The Morgan fingerprint density at radius 1 is 1.35 bits per heavy atom. The molecule has 110 valence electrons. The minimum absolute atomic E-state index is 0.0587. The maximum absolute atomic E-state index is 13.8. The Labute approximate surface area is 119 Å². The first-order valence-corrected chi connectivity index (χ1v) is 7.09. The number of primary amides is 1. The number of nitrogens with one attached hydrogen (secondary N) is 1. The van der Waals surface area contributed by atoms with Crippen molar-refractivity contribution in [1.82, 2.24) is 0 Å². The fourth-order valence-electron chi connectivity index (χ4n) is 3.30. The van der Waals surface area contributed by atoms with E-state index in [0.29, 0.717) is 12.1 Å². The average Bonchev–Trinajstić information content (AvgIpc) is 2.34. The van der Waals surface area contributed by atoms with E-state index in [0.717, 1.165) is 12.8 Å². The summed E-state index contributed by atoms with van der Waals surface area (Å²) in [5.41, 5.74) is 5.33. The van der Waals surface area contributed by atoms with Crippen LogP contribution in [0.15, 0.2) is 24.3 Å². The molecule has 3 N–H and O–H groups in total. The summed E-state index contributed by atoms with van der Waals surface area (Å²) in [7, 11) is 0. The van der Waals surface area contributed by atoms with E-state index in [4.69, 9.17) is 5.73 Å². The number of halogens is 1. The lowest BCUT2D eigenvalue weighted by molar-refractivity contribution is -0.126. The van der Waals surface area contributed by atoms with Gasteiger partial charge >= 0.3 is 0 Å². The molecule has 0 radical (unpaired) electrons. The number of para-hydroxylation sites is 1. The highest BCUT2D eigenvalue weighted by Crippen LogP contribution is 2.45. The van der Waals surface area contributed by atoms with E-state index in [9.17, 15) is 9.18 Å². The van der Waals surface area contributed by atoms with Gasteiger partial charge in [-0.1, -0.05) is 32.9 Å². The van der Waals surface area contributed by atoms with E-state index < -0.39 is 11.4 Å². The SMILES string of the molecule is CC1CC(C)(C)CCC1(Nc1ccccc1F)C(N)=O. The van der Waals surface area contributed by atoms with Crippen molar-refractivity contribution < 1.29 is 9.18 Å². The molecular formula is C16H23FN2O. The van der Waals surface area contributed by atoms with Crippen LogP contribution in [0.3, 0.4) is 0 Å². The second-order valence-electron chi connectivity index (χ2n) is 6.71. The molecule has 1 aromatic carbocycles. The summed E-state index contributed by atoms with van der Waals surface area (Å²) < 4.78 is 13.8. The van der Waals surface area contributed by atoms with Gasteiger partial charge in [0, 0.05) is 0 Å². The fourth-order valence-corrected chi connectivity index (χ4v) is 3.30. The summed E-state index contributed by atoms with van der Waals surface area (Å²) in [5, 5.41) is 3.10. The van der Waals surface area contributed by atoms with Crippen molar-refractivity contribution in [2.24, 2.45) is 17.1 Å². The number of benzene rings is 1. The summed E-state index contributed by atoms with van der Waals surface area (Å²) in [5.74, 6) is -0.697. The maximum atomic E-state index is 13.8. The van der Waals surface area contributed by atoms with Crippen LogP contribution in [-0.4, -0.2) is 11.4 Å². The number of hydrogen-bond donors (Lipinski definition) is 2. The van der Waals surface area contributed by atoms with Gasteiger partial charge in [-0.15, -0.1) is 0 Å². The molecule has 1 aromatic rings. The molecule has 0 aromatic heterocycles. The van der Waals surface area contributed by atoms with Crippen molar-refractivity contribution in [3.63, 3.8) is 0 Å². The summed E-state index contributed by atoms with van der Waals surface area (Å²) in [4.78, 5) is 12.1. The first-order chi connectivity index (χ1) is 9.27. The number of hydrogen-bond acceptors (Lipinski definition) is 2. The monoisotopic (exact) mass is 278 g/mol. The van der Waals surface area contributed by atoms with Gasteiger partial charge in [0.1, 0.15) is 11.4 Å². The van der Waals surface area contributed by atoms with E-state index in [1.54, 1.807) is 18.2 Å². The Balaban J connectivity index is 2.32. The predicted octanol–water partition coefficient (Wildman–Crippen LogP) is 3.31. The molecule has 0 heterocycles. The highest BCUT2D eigenvalue weighted by atomic mass is 19.1. The van der Waals surface area contributed by atoms with Crippen LogP contribution in [-0.2, 0) is 4.79 Å². The van der Waals surface area contributed by atoms with Crippen LogP contribution in [0.5, 0.6) is 0 Å². The number of rotatable bonds is 3. The molecule has 1 aliphatic carbocycles. The number of carbonyl (C=O) groups excluding carboxylic acids is 1. The molecule has 2 rings (SSSR count). The van der Waals surface area contributed by atoms with Gasteiger partial charge in [-0.25, -0.2) is 4.39 Å². The lowest BCUT2D eigenvalue weighted by atomic mass is 9.63. The Morgan fingerprint density at radius 3 is 2.55 bits per heavy atom. The van der Waals surface area contributed by atoms with Gasteiger partial charge in [0.05, 0.1) is 5.69 Å². The molecule has 0 saturated heterocycles. The van der Waals surface area contributed by atoms with Gasteiger partial charge in [-0.2, -0.15) is 0 Å². The van der Waals surface area contributed by atoms with E-state index in [-0.39, 0.29) is 17.2 Å². The van der Waals surface area contributed by atoms with Crippen molar-refractivity contribution >= 4 is 11.6 Å². The van der Waals surface area contributed by atoms with Crippen molar-refractivity contribution in [3.8, 4) is 0 Å². The molecule has 1 amide bonds. The summed E-state index contributed by atoms with van der Waals surface area (Å²) in [6.45, 7) is 6.40. The highest BCUT2D eigenvalue weighted by Gasteiger charge is 2.48. The standard InChI is InChI=1S/C16H23FN2O/c1-11-10-15(2,3)8-9-16(11,14(18)20)19-13-7-5-4-6-12(13)17/h4-7,11,19H,8-10H2,1-3H3,(H2,18,20). The Bertz CT molecular complexity index is 515. The van der Waals surface area contributed by atoms with Crippen LogP contribution in [0.2, 0.25) is 0 Å². The maximum Gasteiger partial charge on any atom is 0.243 e. The van der Waals surface area contributed by atoms with Crippen molar-refractivity contribution in [3.05, 3.63) is 30.1 Å². The predicted molar refractivity (Wildman–Crippen MR) is 78.7 cm³/mol. The van der Waals surface area contributed by atoms with Crippen LogP contribution in [0.25, 0.3) is 0 Å². The average molecular weight is 278 g/mol. The van der Waals surface area contributed by atoms with E-state index in [2.05, 4.69) is 19.2 Å².